The van der Waals surface area contributed by atoms with Crippen molar-refractivity contribution >= 4 is 74.4 Å². The number of carbonyl (C=O) groups excluding carboxylic acids is 5. The molecule has 0 N–H and O–H groups in total. The summed E-state index contributed by atoms with van der Waals surface area (Å²) in [7, 11) is 5.85. The minimum atomic E-state index is -0.570. The van der Waals surface area contributed by atoms with Crippen LogP contribution in [-0.2, 0) is 49.3 Å². The molecule has 8 heterocycles. The van der Waals surface area contributed by atoms with Gasteiger partial charge in [0.25, 0.3) is 16.7 Å². The quantitative estimate of drug-likeness (QED) is 0.0685. The number of fused-ring (bicyclic) bond motifs is 3. The van der Waals surface area contributed by atoms with E-state index < -0.39 is 17.1 Å². The molecule has 6 aromatic rings. The molecule has 3 aromatic heterocycles. The second-order valence-corrected chi connectivity index (χ2v) is 33.1. The van der Waals surface area contributed by atoms with Gasteiger partial charge >= 0.3 is 23.9 Å². The van der Waals surface area contributed by atoms with Crippen LogP contribution in [0.4, 0.5) is 11.6 Å². The Morgan fingerprint density at radius 1 is 0.391 bits per heavy atom. The number of ether oxygens (including phenoxy) is 4. The second-order valence-electron chi connectivity index (χ2n) is 33.1. The van der Waals surface area contributed by atoms with E-state index in [1.165, 1.54) is 86.2 Å². The first-order chi connectivity index (χ1) is 53.6. The van der Waals surface area contributed by atoms with E-state index in [4.69, 9.17) is 33.9 Å². The molecular formula is C87H121N11O12. The second kappa shape index (κ2) is 37.2. The average Bonchev–Trinajstić information content (AvgIpc) is 1.43. The van der Waals surface area contributed by atoms with Crippen LogP contribution in [0.25, 0.3) is 33.1 Å². The highest BCUT2D eigenvalue weighted by Gasteiger charge is 2.49. The van der Waals surface area contributed by atoms with Crippen molar-refractivity contribution in [1.29, 1.82) is 0 Å². The molecule has 596 valence electrons. The number of anilines is 2. The van der Waals surface area contributed by atoms with Crippen LogP contribution in [0.15, 0.2) is 87.2 Å². The molecule has 23 heteroatoms. The number of Topliss-reactive ketones (excluding diaryl/α,β-unsaturated/α-hetero) is 1. The smallest absolute Gasteiger partial charge is 0.328 e. The summed E-state index contributed by atoms with van der Waals surface area (Å²) >= 11 is 0. The van der Waals surface area contributed by atoms with E-state index in [-0.39, 0.29) is 76.4 Å². The number of likely N-dealkylation sites (tertiary alicyclic amines) is 3. The van der Waals surface area contributed by atoms with Gasteiger partial charge in [-0.2, -0.15) is 0 Å². The summed E-state index contributed by atoms with van der Waals surface area (Å²) in [5.41, 5.74) is 4.38. The molecule has 0 bridgehead atoms. The van der Waals surface area contributed by atoms with Crippen LogP contribution < -0.4 is 26.5 Å². The maximum Gasteiger partial charge on any atom is 0.328 e. The van der Waals surface area contributed by atoms with E-state index in [0.29, 0.717) is 49.2 Å². The van der Waals surface area contributed by atoms with E-state index in [2.05, 4.69) is 25.3 Å². The Balaban J connectivity index is 0.000000145. The summed E-state index contributed by atoms with van der Waals surface area (Å²) in [6.07, 6.45) is 35.6. The minimum Gasteiger partial charge on any atom is -0.469 e. The van der Waals surface area contributed by atoms with Gasteiger partial charge < -0.3 is 47.3 Å². The molecule has 0 unspecified atom stereocenters. The molecule has 0 amide bonds. The number of methoxy groups -OCH3 is 4. The standard InChI is InChI=1S/C29H40N4O5.C29H40N4O4.C29H41N3O3/c1-37-27(35)24-13-10-18-32(24)25-26(34)33(23-12-7-6-11-22(23)30-25)21-14-19-31(20-15-21)29(28(36)38-2)16-8-4-3-5-9-17-29;1-21(34)24-13-10-18-32(24)26-27(35)33(25-12-7-6-11-23(25)30-26)22-14-19-31(20-15-22)29(28(36)37-2)16-8-4-3-5-9-17-29;1-35-29(34)22-14-13-21(19-22)20-26-28(33)32(27-12-8-7-11-25(27)30-26)24-15-17-31(18-16-24)23-9-5-3-2-4-6-10-23/h6-7,11-12,21,24H,3-5,8-10,13-20H2,1-2H3;6-7,11-12,22,24H,3-5,8-10,13-20H2,1-2H3;7-8,11-12,21-24H,2-6,9-10,13-20H2,1H3/t2*24-;21-,22+/m001/s1. The molecule has 9 fully saturated rings. The molecule has 3 aromatic carbocycles. The zero-order valence-electron chi connectivity index (χ0n) is 66.3. The largest absolute Gasteiger partial charge is 0.469 e. The highest BCUT2D eigenvalue weighted by molar-refractivity contribution is 5.87. The molecule has 4 aliphatic carbocycles. The summed E-state index contributed by atoms with van der Waals surface area (Å²) in [6, 6.07) is 23.8. The van der Waals surface area contributed by atoms with E-state index >= 15 is 0 Å². The zero-order valence-corrected chi connectivity index (χ0v) is 66.3. The fourth-order valence-electron chi connectivity index (χ4n) is 20.9. The number of esters is 4. The third-order valence-corrected chi connectivity index (χ3v) is 26.8. The molecule has 5 aliphatic heterocycles. The molecule has 4 saturated carbocycles. The minimum absolute atomic E-state index is 0.0111. The number of ketones is 1. The summed E-state index contributed by atoms with van der Waals surface area (Å²) in [5, 5.41) is 0. The summed E-state index contributed by atoms with van der Waals surface area (Å²) in [4.78, 5) is 130. The Hall–Kier alpha value is -7.89. The number of hydrogen-bond acceptors (Lipinski definition) is 20. The first kappa shape index (κ1) is 80.2. The fraction of sp³-hybridized carbons (Fsp3) is 0.667. The van der Waals surface area contributed by atoms with Crippen LogP contribution >= 0.6 is 0 Å². The summed E-state index contributed by atoms with van der Waals surface area (Å²) in [6.45, 7) is 7.99. The summed E-state index contributed by atoms with van der Waals surface area (Å²) in [5.74, 6) is 0.409. The van der Waals surface area contributed by atoms with Gasteiger partial charge in [0.05, 0.1) is 73.5 Å². The van der Waals surface area contributed by atoms with Crippen LogP contribution in [0.1, 0.15) is 249 Å². The Morgan fingerprint density at radius 2 is 0.782 bits per heavy atom. The highest BCUT2D eigenvalue weighted by Crippen LogP contribution is 2.42. The molecule has 15 rings (SSSR count). The Bertz CT molecular complexity index is 4340. The van der Waals surface area contributed by atoms with Crippen molar-refractivity contribution in [1.82, 2.24) is 43.4 Å². The monoisotopic (exact) mass is 1510 g/mol. The number of aromatic nitrogens is 6. The van der Waals surface area contributed by atoms with Crippen molar-refractivity contribution in [2.45, 2.75) is 279 Å². The molecule has 9 aliphatic rings. The lowest BCUT2D eigenvalue weighted by Crippen LogP contribution is -2.58. The van der Waals surface area contributed by atoms with Gasteiger partial charge in [-0.25, -0.2) is 19.7 Å². The van der Waals surface area contributed by atoms with Crippen molar-refractivity contribution < 1.29 is 42.9 Å². The molecule has 5 saturated heterocycles. The molecule has 0 radical (unpaired) electrons. The molecule has 110 heavy (non-hydrogen) atoms. The Morgan fingerprint density at radius 3 is 1.22 bits per heavy atom. The molecule has 23 nitrogen and oxygen atoms in total. The SMILES string of the molecule is COC(=O)C1(N2CCC(n3c(=O)c(N4CCC[C@H]4C(C)=O)nc4ccccc43)CC2)CCCCCCC1.COC(=O)[C@@H]1CCCN1c1nc2ccccc2n(C2CCN(C3(C(=O)OC)CCCCCCC3)CC2)c1=O.COC(=O)[C@H]1CC[C@@H](Cc2nc3ccccc3n(C3CCN(C4CCCCCCC4)CC3)c2=O)C1. The van der Waals surface area contributed by atoms with Gasteiger partial charge in [-0.3, -0.25) is 43.4 Å². The van der Waals surface area contributed by atoms with Gasteiger partial charge in [-0.05, 0) is 178 Å². The third kappa shape index (κ3) is 17.3. The highest BCUT2D eigenvalue weighted by atomic mass is 16.5. The molecule has 0 spiro atoms. The average molecular weight is 1510 g/mol. The molecular weight excluding hydrogens is 1390 g/mol. The van der Waals surface area contributed by atoms with Gasteiger partial charge in [-0.15, -0.1) is 0 Å². The number of piperidine rings is 3. The van der Waals surface area contributed by atoms with E-state index in [1.807, 2.05) is 85.7 Å². The number of para-hydroxylation sites is 6. The van der Waals surface area contributed by atoms with E-state index in [9.17, 15) is 38.4 Å². The van der Waals surface area contributed by atoms with Crippen LogP contribution in [0.3, 0.4) is 0 Å². The third-order valence-electron chi connectivity index (χ3n) is 26.8. The van der Waals surface area contributed by atoms with E-state index in [1.54, 1.807) is 6.92 Å². The molecule has 4 atom stereocenters. The number of nitrogens with zero attached hydrogens (tertiary/aromatic N) is 11. The topological polar surface area (TPSA) is 243 Å². The van der Waals surface area contributed by atoms with E-state index in [0.717, 1.165) is 233 Å². The number of carbonyl (C=O) groups is 5. The van der Waals surface area contributed by atoms with Crippen molar-refractivity contribution in [3.8, 4) is 0 Å². The summed E-state index contributed by atoms with van der Waals surface area (Å²) < 4.78 is 26.6. The lowest BCUT2D eigenvalue weighted by molar-refractivity contribution is -0.159. The van der Waals surface area contributed by atoms with Crippen molar-refractivity contribution in [2.75, 3.05) is 90.6 Å². The Kier molecular flexibility index (Phi) is 27.1. The van der Waals surface area contributed by atoms with Gasteiger partial charge in [-0.1, -0.05) is 133 Å². The van der Waals surface area contributed by atoms with Crippen molar-refractivity contribution in [3.63, 3.8) is 0 Å². The predicted octanol–water partition coefficient (Wildman–Crippen LogP) is 13.4. The lowest BCUT2D eigenvalue weighted by atomic mass is 9.81. The fourth-order valence-corrected chi connectivity index (χ4v) is 20.9. The van der Waals surface area contributed by atoms with Crippen LogP contribution in [0.5, 0.6) is 0 Å². The van der Waals surface area contributed by atoms with Crippen molar-refractivity contribution in [2.24, 2.45) is 11.8 Å². The van der Waals surface area contributed by atoms with Crippen LogP contribution in [-0.4, -0.2) is 183 Å². The van der Waals surface area contributed by atoms with Gasteiger partial charge in [0, 0.05) is 76.5 Å². The first-order valence-electron chi connectivity index (χ1n) is 42.2. The maximum absolute atomic E-state index is 14.0. The van der Waals surface area contributed by atoms with Gasteiger partial charge in [0.1, 0.15) is 22.8 Å². The van der Waals surface area contributed by atoms with Gasteiger partial charge in [0.2, 0.25) is 0 Å². The zero-order chi connectivity index (χ0) is 76.9. The van der Waals surface area contributed by atoms with Crippen LogP contribution in [0, 0.1) is 11.8 Å². The maximum atomic E-state index is 14.0. The normalized spacial score (nSPS) is 24.0. The Labute approximate surface area is 648 Å². The van der Waals surface area contributed by atoms with Gasteiger partial charge in [0.15, 0.2) is 17.4 Å². The lowest BCUT2D eigenvalue weighted by Gasteiger charge is -2.46. The predicted molar refractivity (Wildman–Crippen MR) is 428 cm³/mol. The number of hydrogen-bond donors (Lipinski definition) is 0. The number of rotatable bonds is 15. The van der Waals surface area contributed by atoms with Crippen LogP contribution in [0.2, 0.25) is 0 Å². The number of benzene rings is 3. The van der Waals surface area contributed by atoms with Crippen molar-refractivity contribution in [3.05, 3.63) is 110 Å². The first-order valence-corrected chi connectivity index (χ1v) is 42.2.